The maximum absolute atomic E-state index is 0. The van der Waals surface area contributed by atoms with E-state index < -0.39 is 0 Å². The van der Waals surface area contributed by atoms with E-state index in [0.717, 1.165) is 0 Å². The van der Waals surface area contributed by atoms with Gasteiger partial charge in [0.05, 0.1) is 0 Å². The first kappa shape index (κ1) is 56.9. The molecule has 0 unspecified atom stereocenters. The molecule has 0 heterocycles. The molecule has 7 heteroatoms. The first-order valence-electron chi connectivity index (χ1n) is 0. The van der Waals surface area contributed by atoms with E-state index in [4.69, 9.17) is 0 Å². The van der Waals surface area contributed by atoms with Gasteiger partial charge in [0.25, 0.3) is 0 Å². The van der Waals surface area contributed by atoms with Crippen LogP contribution in [-0.2, 0) is 40.8 Å². The van der Waals surface area contributed by atoms with Crippen molar-refractivity contribution >= 4 is 115 Å². The summed E-state index contributed by atoms with van der Waals surface area (Å²) in [6.07, 6.45) is 0. The van der Waals surface area contributed by atoms with Crippen LogP contribution >= 0.6 is 0 Å². The number of hydrogen-bond acceptors (Lipinski definition) is 0. The van der Waals surface area contributed by atoms with Crippen molar-refractivity contribution in [3.63, 3.8) is 0 Å². The zero-order valence-corrected chi connectivity index (χ0v) is 14.3. The van der Waals surface area contributed by atoms with Crippen molar-refractivity contribution in [2.75, 3.05) is 0 Å². The molecule has 0 nitrogen and oxygen atoms in total. The number of rotatable bonds is 0. The van der Waals surface area contributed by atoms with Crippen LogP contribution < -0.4 is 0 Å². The van der Waals surface area contributed by atoms with Crippen molar-refractivity contribution < 1.29 is 40.8 Å². The first-order valence-corrected chi connectivity index (χ1v) is 0. The Morgan fingerprint density at radius 3 is 0.286 bits per heavy atom. The van der Waals surface area contributed by atoms with E-state index >= 15 is 0 Å². The van der Waals surface area contributed by atoms with Crippen LogP contribution in [0.3, 0.4) is 0 Å². The van der Waals surface area contributed by atoms with Gasteiger partial charge in [-0.3, -0.25) is 0 Å². The summed E-state index contributed by atoms with van der Waals surface area (Å²) in [5, 5.41) is 0. The van der Waals surface area contributed by atoms with Gasteiger partial charge in [0.1, 0.15) is 0 Å². The summed E-state index contributed by atoms with van der Waals surface area (Å²) in [6, 6.07) is 0. The molecule has 0 saturated heterocycles. The van der Waals surface area contributed by atoms with Crippen LogP contribution in [0.15, 0.2) is 0 Å². The second kappa shape index (κ2) is 43.3. The van der Waals surface area contributed by atoms with Gasteiger partial charge in [0.15, 0.2) is 0 Å². The molecule has 7 heavy (non-hydrogen) atoms. The van der Waals surface area contributed by atoms with Gasteiger partial charge in [0, 0.05) is 156 Å². The molecule has 0 rings (SSSR count). The maximum atomic E-state index is 0. The Morgan fingerprint density at radius 2 is 0.286 bits per heavy atom. The molecular formula is Mg5Pd2. The van der Waals surface area contributed by atoms with Gasteiger partial charge < -0.3 is 0 Å². The van der Waals surface area contributed by atoms with E-state index in [1.807, 2.05) is 0 Å². The predicted octanol–water partition coefficient (Wildman–Crippen LogP) is -1.91. The third kappa shape index (κ3) is 35.2. The Kier molecular flexibility index (Phi) is 352. The number of hydrogen-bond donors (Lipinski definition) is 0. The molecule has 0 aliphatic rings. The molecule has 0 saturated carbocycles. The van der Waals surface area contributed by atoms with Gasteiger partial charge in [0.2, 0.25) is 0 Å². The van der Waals surface area contributed by atoms with Crippen molar-refractivity contribution in [1.82, 2.24) is 0 Å². The molecule has 0 fully saturated rings. The Balaban J connectivity index is 0. The average Bonchev–Trinajstić information content (AvgIpc) is 0. The normalized spacial score (nSPS) is 0. The van der Waals surface area contributed by atoms with Gasteiger partial charge in [-0.25, -0.2) is 0 Å². The summed E-state index contributed by atoms with van der Waals surface area (Å²) in [7, 11) is 0. The molecule has 0 aromatic heterocycles. The SMILES string of the molecule is [Mg].[Mg].[Mg].[Mg].[Mg].[Pd].[Pd]. The van der Waals surface area contributed by atoms with Gasteiger partial charge in [-0.05, 0) is 0 Å². The van der Waals surface area contributed by atoms with Gasteiger partial charge in [-0.2, -0.15) is 0 Å². The fourth-order valence-electron chi connectivity index (χ4n) is 0. The van der Waals surface area contributed by atoms with Crippen molar-refractivity contribution in [2.24, 2.45) is 0 Å². The Morgan fingerprint density at radius 1 is 0.286 bits per heavy atom. The van der Waals surface area contributed by atoms with E-state index in [-0.39, 0.29) is 156 Å². The maximum Gasteiger partial charge on any atom is 0 e. The van der Waals surface area contributed by atoms with Crippen LogP contribution in [0.25, 0.3) is 0 Å². The fourth-order valence-corrected chi connectivity index (χ4v) is 0. The van der Waals surface area contributed by atoms with Crippen molar-refractivity contribution in [3.8, 4) is 0 Å². The largest absolute Gasteiger partial charge is 0 e. The van der Waals surface area contributed by atoms with Crippen molar-refractivity contribution in [1.29, 1.82) is 0 Å². The monoisotopic (exact) mass is 332 g/mol. The predicted molar refractivity (Wildman–Crippen MR) is 28.8 cm³/mol. The molecule has 0 aromatic carbocycles. The molecular weight excluding hydrogens is 334 g/mol. The van der Waals surface area contributed by atoms with Crippen LogP contribution in [0.4, 0.5) is 0 Å². The standard InChI is InChI=1S/5Mg.2Pd. The third-order valence-corrected chi connectivity index (χ3v) is 0. The molecule has 0 bridgehead atoms. The molecule has 0 spiro atoms. The van der Waals surface area contributed by atoms with E-state index in [1.54, 1.807) is 0 Å². The smallest absolute Gasteiger partial charge is 0 e. The first-order chi connectivity index (χ1) is 0. The minimum absolute atomic E-state index is 0. The minimum atomic E-state index is 0. The Bertz CT molecular complexity index is 6.04. The van der Waals surface area contributed by atoms with Crippen LogP contribution in [0.1, 0.15) is 0 Å². The van der Waals surface area contributed by atoms with Crippen molar-refractivity contribution in [3.05, 3.63) is 0 Å². The van der Waals surface area contributed by atoms with Crippen LogP contribution in [0.2, 0.25) is 0 Å². The van der Waals surface area contributed by atoms with Crippen LogP contribution in [0.5, 0.6) is 0 Å². The second-order valence-electron chi connectivity index (χ2n) is 0. The molecule has 30 valence electrons. The van der Waals surface area contributed by atoms with Gasteiger partial charge in [-0.1, -0.05) is 0 Å². The topological polar surface area (TPSA) is 0 Å². The second-order valence-corrected chi connectivity index (χ2v) is 0. The molecule has 0 amide bonds. The molecule has 0 atom stereocenters. The van der Waals surface area contributed by atoms with Crippen molar-refractivity contribution in [2.45, 2.75) is 0 Å². The summed E-state index contributed by atoms with van der Waals surface area (Å²) in [5.74, 6) is 0. The molecule has 0 aromatic rings. The summed E-state index contributed by atoms with van der Waals surface area (Å²) in [4.78, 5) is 0. The summed E-state index contributed by atoms with van der Waals surface area (Å²) in [6.45, 7) is 0. The molecule has 0 N–H and O–H groups in total. The third-order valence-electron chi connectivity index (χ3n) is 0. The van der Waals surface area contributed by atoms with E-state index in [9.17, 15) is 0 Å². The summed E-state index contributed by atoms with van der Waals surface area (Å²) < 4.78 is 0. The zero-order valence-electron chi connectivity index (χ0n) is 4.17. The average molecular weight is 334 g/mol. The van der Waals surface area contributed by atoms with Gasteiger partial charge in [-0.15, -0.1) is 0 Å². The molecule has 0 aliphatic carbocycles. The van der Waals surface area contributed by atoms with E-state index in [1.165, 1.54) is 0 Å². The quantitative estimate of drug-likeness (QED) is 0.454. The molecule has 10 radical (unpaired) electrons. The summed E-state index contributed by atoms with van der Waals surface area (Å²) >= 11 is 0. The fraction of sp³-hybridized carbons (Fsp3) is 0. The minimum Gasteiger partial charge on any atom is 0 e. The molecule has 0 aliphatic heterocycles. The van der Waals surface area contributed by atoms with Gasteiger partial charge >= 0.3 is 0 Å². The Labute approximate surface area is 152 Å². The zero-order chi connectivity index (χ0) is 0. The van der Waals surface area contributed by atoms with E-state index in [2.05, 4.69) is 0 Å². The van der Waals surface area contributed by atoms with E-state index in [0.29, 0.717) is 0 Å². The van der Waals surface area contributed by atoms with Crippen LogP contribution in [-0.4, -0.2) is 115 Å². The van der Waals surface area contributed by atoms with Crippen LogP contribution in [0, 0.1) is 0 Å². The summed E-state index contributed by atoms with van der Waals surface area (Å²) in [5.41, 5.74) is 0. The Hall–Kier alpha value is 5.16.